The van der Waals surface area contributed by atoms with Crippen LogP contribution < -0.4 is 10.1 Å². The first-order chi connectivity index (χ1) is 10.1. The number of nitro benzene ring substituents is 1. The number of nitro groups is 1. The minimum absolute atomic E-state index is 0.00471. The Kier molecular flexibility index (Phi) is 5.05. The van der Waals surface area contributed by atoms with Gasteiger partial charge in [0.1, 0.15) is 11.5 Å². The lowest BCUT2D eigenvalue weighted by Gasteiger charge is -2.11. The quantitative estimate of drug-likeness (QED) is 0.482. The second-order valence-corrected chi connectivity index (χ2v) is 5.10. The van der Waals surface area contributed by atoms with Gasteiger partial charge in [-0.25, -0.2) is 0 Å². The predicted octanol–water partition coefficient (Wildman–Crippen LogP) is 4.54. The van der Waals surface area contributed by atoms with E-state index in [4.69, 9.17) is 4.74 Å². The Hall–Kier alpha value is -2.21. The minimum atomic E-state index is -0.422. The first kappa shape index (κ1) is 15.2. The highest BCUT2D eigenvalue weighted by molar-refractivity contribution is 7.98. The molecule has 0 aliphatic rings. The van der Waals surface area contributed by atoms with Crippen molar-refractivity contribution in [3.63, 3.8) is 0 Å². The normalized spacial score (nSPS) is 10.2. The lowest BCUT2D eigenvalue weighted by molar-refractivity contribution is -0.384. The summed E-state index contributed by atoms with van der Waals surface area (Å²) in [5, 5.41) is 14.1. The minimum Gasteiger partial charge on any atom is -0.456 e. The summed E-state index contributed by atoms with van der Waals surface area (Å²) in [5.74, 6) is 1.13. The zero-order valence-electron chi connectivity index (χ0n) is 11.8. The molecule has 0 atom stereocenters. The van der Waals surface area contributed by atoms with E-state index in [2.05, 4.69) is 5.32 Å². The van der Waals surface area contributed by atoms with E-state index in [0.29, 0.717) is 23.7 Å². The van der Waals surface area contributed by atoms with Crippen molar-refractivity contribution in [1.82, 2.24) is 0 Å². The predicted molar refractivity (Wildman–Crippen MR) is 85.6 cm³/mol. The first-order valence-electron chi connectivity index (χ1n) is 6.48. The molecule has 1 N–H and O–H groups in total. The van der Waals surface area contributed by atoms with E-state index in [0.717, 1.165) is 4.90 Å². The number of benzene rings is 2. The molecule has 5 nitrogen and oxygen atoms in total. The Morgan fingerprint density at radius 1 is 1.29 bits per heavy atom. The maximum Gasteiger partial charge on any atom is 0.275 e. The van der Waals surface area contributed by atoms with Crippen molar-refractivity contribution in [2.45, 2.75) is 11.8 Å². The number of ether oxygens (including phenoxy) is 1. The fourth-order valence-electron chi connectivity index (χ4n) is 1.88. The highest BCUT2D eigenvalue weighted by atomic mass is 32.2. The van der Waals surface area contributed by atoms with E-state index in [9.17, 15) is 10.1 Å². The van der Waals surface area contributed by atoms with Crippen LogP contribution in [0.5, 0.6) is 11.5 Å². The van der Waals surface area contributed by atoms with Gasteiger partial charge in [-0.15, -0.1) is 11.8 Å². The Morgan fingerprint density at radius 2 is 2.05 bits per heavy atom. The van der Waals surface area contributed by atoms with Crippen LogP contribution in [0.25, 0.3) is 0 Å². The smallest absolute Gasteiger partial charge is 0.275 e. The number of nitrogens with one attached hydrogen (secondary N) is 1. The van der Waals surface area contributed by atoms with Gasteiger partial charge in [-0.3, -0.25) is 10.1 Å². The van der Waals surface area contributed by atoms with Gasteiger partial charge in [0, 0.05) is 29.3 Å². The van der Waals surface area contributed by atoms with Gasteiger partial charge < -0.3 is 10.1 Å². The van der Waals surface area contributed by atoms with Crippen molar-refractivity contribution in [2.24, 2.45) is 0 Å². The fraction of sp³-hybridized carbons (Fsp3) is 0.200. The van der Waals surface area contributed by atoms with Crippen LogP contribution in [0.4, 0.5) is 11.4 Å². The summed E-state index contributed by atoms with van der Waals surface area (Å²) in [6, 6.07) is 12.3. The highest BCUT2D eigenvalue weighted by Gasteiger charge is 2.12. The molecule has 0 saturated carbocycles. The molecule has 0 aliphatic carbocycles. The van der Waals surface area contributed by atoms with Crippen LogP contribution in [-0.2, 0) is 0 Å². The average molecular weight is 304 g/mol. The third kappa shape index (κ3) is 3.88. The number of para-hydroxylation sites is 1. The number of anilines is 1. The molecule has 0 saturated heterocycles. The summed E-state index contributed by atoms with van der Waals surface area (Å²) < 4.78 is 5.81. The highest BCUT2D eigenvalue weighted by Crippen LogP contribution is 2.34. The van der Waals surface area contributed by atoms with Gasteiger partial charge in [0.15, 0.2) is 0 Å². The van der Waals surface area contributed by atoms with Crippen LogP contribution in [0.2, 0.25) is 0 Å². The molecule has 110 valence electrons. The van der Waals surface area contributed by atoms with Gasteiger partial charge in [0.2, 0.25) is 0 Å². The van der Waals surface area contributed by atoms with Crippen molar-refractivity contribution in [2.75, 3.05) is 18.1 Å². The molecule has 0 heterocycles. The SMILES string of the molecule is CCNc1cc(Oc2ccccc2SC)cc([N+](=O)[O-])c1. The molecule has 2 aromatic rings. The Balaban J connectivity index is 2.36. The molecule has 0 aromatic heterocycles. The third-order valence-corrected chi connectivity index (χ3v) is 3.56. The molecule has 0 fully saturated rings. The average Bonchev–Trinajstić information content (AvgIpc) is 2.48. The van der Waals surface area contributed by atoms with Crippen molar-refractivity contribution >= 4 is 23.1 Å². The molecule has 0 unspecified atom stereocenters. The molecule has 21 heavy (non-hydrogen) atoms. The van der Waals surface area contributed by atoms with E-state index < -0.39 is 4.92 Å². The summed E-state index contributed by atoms with van der Waals surface area (Å²) in [6.45, 7) is 2.62. The summed E-state index contributed by atoms with van der Waals surface area (Å²) in [4.78, 5) is 11.6. The van der Waals surface area contributed by atoms with Crippen LogP contribution in [0, 0.1) is 10.1 Å². The van der Waals surface area contributed by atoms with E-state index in [1.807, 2.05) is 37.4 Å². The van der Waals surface area contributed by atoms with Crippen LogP contribution in [-0.4, -0.2) is 17.7 Å². The lowest BCUT2D eigenvalue weighted by atomic mass is 10.2. The summed E-state index contributed by atoms with van der Waals surface area (Å²) in [5.41, 5.74) is 0.674. The Morgan fingerprint density at radius 3 is 2.71 bits per heavy atom. The number of thioether (sulfide) groups is 1. The van der Waals surface area contributed by atoms with Gasteiger partial charge in [-0.2, -0.15) is 0 Å². The topological polar surface area (TPSA) is 64.4 Å². The van der Waals surface area contributed by atoms with Crippen molar-refractivity contribution in [3.05, 3.63) is 52.6 Å². The molecule has 0 radical (unpaired) electrons. The summed E-state index contributed by atoms with van der Waals surface area (Å²) in [7, 11) is 0. The van der Waals surface area contributed by atoms with E-state index >= 15 is 0 Å². The van der Waals surface area contributed by atoms with Gasteiger partial charge in [-0.1, -0.05) is 12.1 Å². The molecule has 2 aromatic carbocycles. The first-order valence-corrected chi connectivity index (χ1v) is 7.70. The van der Waals surface area contributed by atoms with Crippen LogP contribution in [0.15, 0.2) is 47.4 Å². The number of non-ortho nitro benzene ring substituents is 1. The number of hydrogen-bond donors (Lipinski definition) is 1. The van der Waals surface area contributed by atoms with Crippen molar-refractivity contribution in [3.8, 4) is 11.5 Å². The molecule has 6 heteroatoms. The van der Waals surface area contributed by atoms with Gasteiger partial charge >= 0.3 is 0 Å². The van der Waals surface area contributed by atoms with Crippen molar-refractivity contribution in [1.29, 1.82) is 0 Å². The van der Waals surface area contributed by atoms with Crippen LogP contribution in [0.1, 0.15) is 6.92 Å². The van der Waals surface area contributed by atoms with E-state index in [-0.39, 0.29) is 5.69 Å². The second-order valence-electron chi connectivity index (χ2n) is 4.26. The molecule has 0 spiro atoms. The largest absolute Gasteiger partial charge is 0.456 e. The lowest BCUT2D eigenvalue weighted by Crippen LogP contribution is -1.99. The second kappa shape index (κ2) is 6.99. The number of hydrogen-bond acceptors (Lipinski definition) is 5. The number of rotatable bonds is 6. The summed E-state index contributed by atoms with van der Waals surface area (Å²) >= 11 is 1.57. The molecule has 0 bridgehead atoms. The van der Waals surface area contributed by atoms with Gasteiger partial charge in [-0.05, 0) is 25.3 Å². The Bertz CT molecular complexity index is 647. The molecule has 0 aliphatic heterocycles. The third-order valence-electron chi connectivity index (χ3n) is 2.78. The molecule has 2 rings (SSSR count). The van der Waals surface area contributed by atoms with E-state index in [1.165, 1.54) is 12.1 Å². The maximum atomic E-state index is 11.0. The van der Waals surface area contributed by atoms with Gasteiger partial charge in [0.05, 0.1) is 11.0 Å². The molecular formula is C15H16N2O3S. The van der Waals surface area contributed by atoms with Gasteiger partial charge in [0.25, 0.3) is 5.69 Å². The standard InChI is InChI=1S/C15H16N2O3S/c1-3-16-11-8-12(17(18)19)10-13(9-11)20-14-6-4-5-7-15(14)21-2/h4-10,16H,3H2,1-2H3. The summed E-state index contributed by atoms with van der Waals surface area (Å²) in [6.07, 6.45) is 1.96. The zero-order chi connectivity index (χ0) is 15.2. The van der Waals surface area contributed by atoms with Crippen LogP contribution in [0.3, 0.4) is 0 Å². The maximum absolute atomic E-state index is 11.0. The fourth-order valence-corrected chi connectivity index (χ4v) is 2.41. The molecule has 0 amide bonds. The molecular weight excluding hydrogens is 288 g/mol. The Labute approximate surface area is 127 Å². The van der Waals surface area contributed by atoms with E-state index in [1.54, 1.807) is 17.8 Å². The zero-order valence-corrected chi connectivity index (χ0v) is 12.6. The number of nitrogens with zero attached hydrogens (tertiary/aromatic N) is 1. The van der Waals surface area contributed by atoms with Crippen LogP contribution >= 0.6 is 11.8 Å². The monoisotopic (exact) mass is 304 g/mol. The van der Waals surface area contributed by atoms with Crippen molar-refractivity contribution < 1.29 is 9.66 Å².